The highest BCUT2D eigenvalue weighted by Crippen LogP contribution is 2.30. The van der Waals surface area contributed by atoms with E-state index < -0.39 is 0 Å². The second-order valence-corrected chi connectivity index (χ2v) is 8.04. The molecule has 30 heavy (non-hydrogen) atoms. The number of rotatable bonds is 2. The summed E-state index contributed by atoms with van der Waals surface area (Å²) in [5.41, 5.74) is 3.84. The SMILES string of the molecule is C[n+]1ccc(C[n+]2c3ccc4ccccc4c3cc3c4ccccc4ccc32)cc1. The van der Waals surface area contributed by atoms with Gasteiger partial charge in [-0.2, -0.15) is 4.57 Å². The molecule has 0 amide bonds. The zero-order valence-electron chi connectivity index (χ0n) is 16.9. The van der Waals surface area contributed by atoms with Gasteiger partial charge in [-0.25, -0.2) is 4.57 Å². The van der Waals surface area contributed by atoms with E-state index in [0.29, 0.717) is 0 Å². The Kier molecular flexibility index (Phi) is 3.78. The van der Waals surface area contributed by atoms with Crippen LogP contribution >= 0.6 is 0 Å². The normalized spacial score (nSPS) is 11.6. The van der Waals surface area contributed by atoms with Crippen molar-refractivity contribution in [3.05, 3.63) is 109 Å². The molecule has 6 rings (SSSR count). The molecule has 0 fully saturated rings. The van der Waals surface area contributed by atoms with Crippen LogP contribution in [0, 0.1) is 0 Å². The first-order chi connectivity index (χ1) is 14.8. The predicted molar refractivity (Wildman–Crippen MR) is 123 cm³/mol. The van der Waals surface area contributed by atoms with Crippen molar-refractivity contribution in [1.29, 1.82) is 0 Å². The molecule has 0 bridgehead atoms. The van der Waals surface area contributed by atoms with Crippen LogP contribution < -0.4 is 9.13 Å². The number of aromatic nitrogens is 2. The molecule has 2 heteroatoms. The molecule has 6 aromatic rings. The van der Waals surface area contributed by atoms with Crippen LogP contribution in [0.1, 0.15) is 5.56 Å². The van der Waals surface area contributed by atoms with E-state index in [2.05, 4.69) is 120 Å². The van der Waals surface area contributed by atoms with E-state index in [1.54, 1.807) is 0 Å². The molecule has 0 aliphatic rings. The summed E-state index contributed by atoms with van der Waals surface area (Å²) in [5.74, 6) is 0. The fraction of sp³-hybridized carbons (Fsp3) is 0.0714. The second kappa shape index (κ2) is 6.64. The fourth-order valence-electron chi connectivity index (χ4n) is 4.61. The van der Waals surface area contributed by atoms with Crippen molar-refractivity contribution in [3.8, 4) is 0 Å². The molecule has 0 unspecified atom stereocenters. The van der Waals surface area contributed by atoms with Gasteiger partial charge in [0.2, 0.25) is 11.0 Å². The highest BCUT2D eigenvalue weighted by Gasteiger charge is 2.19. The van der Waals surface area contributed by atoms with Gasteiger partial charge in [0.05, 0.1) is 10.8 Å². The van der Waals surface area contributed by atoms with Crippen LogP contribution in [-0.2, 0) is 13.6 Å². The molecule has 0 N–H and O–H groups in total. The van der Waals surface area contributed by atoms with Crippen LogP contribution in [0.5, 0.6) is 0 Å². The minimum absolute atomic E-state index is 0.839. The zero-order chi connectivity index (χ0) is 20.1. The maximum Gasteiger partial charge on any atom is 0.213 e. The third-order valence-electron chi connectivity index (χ3n) is 6.15. The van der Waals surface area contributed by atoms with Gasteiger partial charge in [-0.05, 0) is 39.7 Å². The number of benzene rings is 4. The average Bonchev–Trinajstić information content (AvgIpc) is 2.80. The number of hydrogen-bond acceptors (Lipinski definition) is 0. The molecule has 0 radical (unpaired) electrons. The summed E-state index contributed by atoms with van der Waals surface area (Å²) >= 11 is 0. The molecule has 142 valence electrons. The highest BCUT2D eigenvalue weighted by molar-refractivity contribution is 6.13. The van der Waals surface area contributed by atoms with E-state index in [-0.39, 0.29) is 0 Å². The minimum atomic E-state index is 0.839. The molecular formula is C28H22N2+2. The molecule has 0 atom stereocenters. The standard InChI is InChI=1S/C28H22N2/c1-29-16-14-20(15-17-29)19-30-27-12-10-21-6-2-4-8-23(21)25(27)18-26-24-9-5-3-7-22(24)11-13-28(26)30/h2-18H,19H2,1H3/q+2. The lowest BCUT2D eigenvalue weighted by Crippen LogP contribution is -2.37. The molecule has 0 saturated carbocycles. The summed E-state index contributed by atoms with van der Waals surface area (Å²) in [7, 11) is 2.06. The molecule has 4 aromatic carbocycles. The lowest BCUT2D eigenvalue weighted by molar-refractivity contribution is -0.672. The first-order valence-corrected chi connectivity index (χ1v) is 10.4. The van der Waals surface area contributed by atoms with Crippen LogP contribution in [0.4, 0.5) is 0 Å². The number of nitrogens with zero attached hydrogens (tertiary/aromatic N) is 2. The molecular weight excluding hydrogens is 364 g/mol. The van der Waals surface area contributed by atoms with Crippen LogP contribution in [0.25, 0.3) is 43.4 Å². The maximum atomic E-state index is 2.47. The lowest BCUT2D eigenvalue weighted by Gasteiger charge is -2.10. The molecule has 0 spiro atoms. The first kappa shape index (κ1) is 17.1. The molecule has 0 saturated heterocycles. The number of fused-ring (bicyclic) bond motifs is 6. The fourth-order valence-corrected chi connectivity index (χ4v) is 4.61. The van der Waals surface area contributed by atoms with Crippen molar-refractivity contribution in [3.63, 3.8) is 0 Å². The zero-order valence-corrected chi connectivity index (χ0v) is 16.9. The number of pyridine rings is 2. The summed E-state index contributed by atoms with van der Waals surface area (Å²) in [6.45, 7) is 0.839. The smallest absolute Gasteiger partial charge is 0.208 e. The van der Waals surface area contributed by atoms with Crippen LogP contribution in [0.2, 0.25) is 0 Å². The molecule has 2 heterocycles. The number of hydrogen-bond donors (Lipinski definition) is 0. The van der Waals surface area contributed by atoms with Gasteiger partial charge >= 0.3 is 0 Å². The Bertz CT molecular complexity index is 1470. The summed E-state index contributed by atoms with van der Waals surface area (Å²) < 4.78 is 4.55. The van der Waals surface area contributed by atoms with Gasteiger partial charge in [-0.15, -0.1) is 0 Å². The average molecular weight is 386 g/mol. The summed E-state index contributed by atoms with van der Waals surface area (Å²) in [5, 5.41) is 7.78. The predicted octanol–water partition coefficient (Wildman–Crippen LogP) is 5.46. The minimum Gasteiger partial charge on any atom is -0.208 e. The molecule has 2 nitrogen and oxygen atoms in total. The van der Waals surface area contributed by atoms with Gasteiger partial charge in [0.15, 0.2) is 18.9 Å². The molecule has 0 aliphatic heterocycles. The van der Waals surface area contributed by atoms with Crippen LogP contribution in [0.3, 0.4) is 0 Å². The van der Waals surface area contributed by atoms with Crippen molar-refractivity contribution in [2.24, 2.45) is 7.05 Å². The van der Waals surface area contributed by atoms with E-state index in [1.807, 2.05) is 0 Å². The Labute approximate surface area is 175 Å². The second-order valence-electron chi connectivity index (χ2n) is 8.04. The van der Waals surface area contributed by atoms with Crippen molar-refractivity contribution >= 4 is 43.4 Å². The summed E-state index contributed by atoms with van der Waals surface area (Å²) in [4.78, 5) is 0. The Hall–Kier alpha value is -3.78. The van der Waals surface area contributed by atoms with Crippen molar-refractivity contribution < 1.29 is 9.13 Å². The van der Waals surface area contributed by atoms with Crippen LogP contribution in [-0.4, -0.2) is 0 Å². The van der Waals surface area contributed by atoms with Gasteiger partial charge < -0.3 is 0 Å². The largest absolute Gasteiger partial charge is 0.213 e. The van der Waals surface area contributed by atoms with E-state index in [1.165, 1.54) is 48.9 Å². The Morgan fingerprint density at radius 2 is 1.10 bits per heavy atom. The van der Waals surface area contributed by atoms with Gasteiger partial charge in [0.1, 0.15) is 7.05 Å². The van der Waals surface area contributed by atoms with E-state index >= 15 is 0 Å². The van der Waals surface area contributed by atoms with Gasteiger partial charge in [0.25, 0.3) is 0 Å². The van der Waals surface area contributed by atoms with Crippen molar-refractivity contribution in [1.82, 2.24) is 0 Å². The van der Waals surface area contributed by atoms with E-state index in [0.717, 1.165) is 6.54 Å². The van der Waals surface area contributed by atoms with Crippen molar-refractivity contribution in [2.45, 2.75) is 6.54 Å². The Balaban J connectivity index is 1.76. The molecule has 2 aromatic heterocycles. The maximum absolute atomic E-state index is 2.47. The van der Waals surface area contributed by atoms with Gasteiger partial charge in [-0.1, -0.05) is 48.5 Å². The lowest BCUT2D eigenvalue weighted by atomic mass is 9.99. The van der Waals surface area contributed by atoms with Crippen LogP contribution in [0.15, 0.2) is 103 Å². The van der Waals surface area contributed by atoms with E-state index in [9.17, 15) is 0 Å². The third-order valence-corrected chi connectivity index (χ3v) is 6.15. The number of aryl methyl sites for hydroxylation is 1. The monoisotopic (exact) mass is 386 g/mol. The Morgan fingerprint density at radius 1 is 0.567 bits per heavy atom. The third kappa shape index (κ3) is 2.65. The summed E-state index contributed by atoms with van der Waals surface area (Å²) in [6, 6.07) is 33.2. The van der Waals surface area contributed by atoms with E-state index in [4.69, 9.17) is 0 Å². The van der Waals surface area contributed by atoms with Gasteiger partial charge in [0, 0.05) is 29.8 Å². The topological polar surface area (TPSA) is 7.76 Å². The summed E-state index contributed by atoms with van der Waals surface area (Å²) in [6.07, 6.45) is 4.24. The first-order valence-electron chi connectivity index (χ1n) is 10.4. The van der Waals surface area contributed by atoms with Crippen molar-refractivity contribution in [2.75, 3.05) is 0 Å². The van der Waals surface area contributed by atoms with Gasteiger partial charge in [-0.3, -0.25) is 0 Å². The Morgan fingerprint density at radius 3 is 1.67 bits per heavy atom. The quantitative estimate of drug-likeness (QED) is 0.212. The molecule has 0 aliphatic carbocycles. The highest BCUT2D eigenvalue weighted by atomic mass is 15.0.